The molecule has 3 rings (SSSR count). The summed E-state index contributed by atoms with van der Waals surface area (Å²) in [5, 5.41) is 7.68. The Kier molecular flexibility index (Phi) is 5.91. The molecular formula is C21H21F2N3O3. The standard InChI is InChI=1S/C21H21F2N3O3/c1-11-8-15(11)20(28)25-14-5-3-4-13(9-14)19(27)26-18(21(29)24-2)12-6-7-16(22)17(23)10-12/h3-7,9-11,15,18H,8H2,1-2H3,(H,24,29)(H,25,28)(H,26,27). The van der Waals surface area contributed by atoms with Gasteiger partial charge in [0.1, 0.15) is 6.04 Å². The summed E-state index contributed by atoms with van der Waals surface area (Å²) in [6, 6.07) is 8.05. The molecule has 2 aromatic carbocycles. The molecule has 0 heterocycles. The van der Waals surface area contributed by atoms with Gasteiger partial charge in [-0.2, -0.15) is 0 Å². The third kappa shape index (κ3) is 4.77. The van der Waals surface area contributed by atoms with Crippen molar-refractivity contribution in [3.63, 3.8) is 0 Å². The van der Waals surface area contributed by atoms with Crippen molar-refractivity contribution >= 4 is 23.4 Å². The van der Waals surface area contributed by atoms with E-state index >= 15 is 0 Å². The molecule has 29 heavy (non-hydrogen) atoms. The maximum Gasteiger partial charge on any atom is 0.252 e. The van der Waals surface area contributed by atoms with Crippen molar-refractivity contribution in [2.75, 3.05) is 12.4 Å². The molecule has 0 saturated heterocycles. The number of benzene rings is 2. The van der Waals surface area contributed by atoms with E-state index in [0.717, 1.165) is 18.6 Å². The van der Waals surface area contributed by atoms with Crippen molar-refractivity contribution in [2.24, 2.45) is 11.8 Å². The second-order valence-corrected chi connectivity index (χ2v) is 7.08. The van der Waals surface area contributed by atoms with Gasteiger partial charge in [0, 0.05) is 24.2 Å². The van der Waals surface area contributed by atoms with Crippen LogP contribution in [0.25, 0.3) is 0 Å². The van der Waals surface area contributed by atoms with Crippen LogP contribution in [0.5, 0.6) is 0 Å². The molecule has 0 aliphatic heterocycles. The van der Waals surface area contributed by atoms with Gasteiger partial charge in [0.25, 0.3) is 5.91 Å². The van der Waals surface area contributed by atoms with Crippen LogP contribution in [0.1, 0.15) is 35.3 Å². The van der Waals surface area contributed by atoms with E-state index in [1.807, 2.05) is 6.92 Å². The highest BCUT2D eigenvalue weighted by Crippen LogP contribution is 2.38. The summed E-state index contributed by atoms with van der Waals surface area (Å²) in [6.45, 7) is 1.99. The van der Waals surface area contributed by atoms with Crippen molar-refractivity contribution in [2.45, 2.75) is 19.4 Å². The first-order valence-electron chi connectivity index (χ1n) is 9.18. The molecule has 152 valence electrons. The van der Waals surface area contributed by atoms with Crippen molar-refractivity contribution in [1.29, 1.82) is 0 Å². The number of amides is 3. The summed E-state index contributed by atoms with van der Waals surface area (Å²) in [6.07, 6.45) is 0.841. The molecule has 1 aliphatic rings. The first kappa shape index (κ1) is 20.4. The maximum absolute atomic E-state index is 13.6. The molecule has 0 radical (unpaired) electrons. The second kappa shape index (κ2) is 8.38. The highest BCUT2D eigenvalue weighted by molar-refractivity contribution is 6.00. The second-order valence-electron chi connectivity index (χ2n) is 7.08. The molecule has 1 aliphatic carbocycles. The van der Waals surface area contributed by atoms with E-state index < -0.39 is 29.5 Å². The van der Waals surface area contributed by atoms with E-state index in [1.54, 1.807) is 12.1 Å². The van der Waals surface area contributed by atoms with Crippen LogP contribution in [0.2, 0.25) is 0 Å². The average molecular weight is 401 g/mol. The lowest BCUT2D eigenvalue weighted by Gasteiger charge is -2.18. The third-order valence-electron chi connectivity index (χ3n) is 4.90. The number of hydrogen-bond acceptors (Lipinski definition) is 3. The van der Waals surface area contributed by atoms with Crippen molar-refractivity contribution in [3.05, 3.63) is 65.2 Å². The van der Waals surface area contributed by atoms with Gasteiger partial charge in [-0.05, 0) is 48.2 Å². The first-order chi connectivity index (χ1) is 13.8. The molecule has 0 aromatic heterocycles. The van der Waals surface area contributed by atoms with Crippen LogP contribution in [-0.2, 0) is 9.59 Å². The van der Waals surface area contributed by atoms with Gasteiger partial charge in [0.05, 0.1) is 0 Å². The summed E-state index contributed by atoms with van der Waals surface area (Å²) in [5.41, 5.74) is 0.776. The maximum atomic E-state index is 13.6. The van der Waals surface area contributed by atoms with Crippen molar-refractivity contribution in [1.82, 2.24) is 10.6 Å². The van der Waals surface area contributed by atoms with Gasteiger partial charge in [-0.1, -0.05) is 19.1 Å². The lowest BCUT2D eigenvalue weighted by atomic mass is 10.0. The fraction of sp³-hybridized carbons (Fsp3) is 0.286. The number of rotatable bonds is 6. The number of halogens is 2. The smallest absolute Gasteiger partial charge is 0.252 e. The predicted octanol–water partition coefficient (Wildman–Crippen LogP) is 2.78. The van der Waals surface area contributed by atoms with Gasteiger partial charge in [-0.25, -0.2) is 8.78 Å². The van der Waals surface area contributed by atoms with Crippen LogP contribution < -0.4 is 16.0 Å². The molecule has 1 saturated carbocycles. The molecule has 3 amide bonds. The van der Waals surface area contributed by atoms with Crippen LogP contribution in [0.4, 0.5) is 14.5 Å². The highest BCUT2D eigenvalue weighted by Gasteiger charge is 2.39. The fourth-order valence-corrected chi connectivity index (χ4v) is 3.01. The summed E-state index contributed by atoms with van der Waals surface area (Å²) >= 11 is 0. The van der Waals surface area contributed by atoms with E-state index in [4.69, 9.17) is 0 Å². The van der Waals surface area contributed by atoms with Gasteiger partial charge < -0.3 is 16.0 Å². The highest BCUT2D eigenvalue weighted by atomic mass is 19.2. The van der Waals surface area contributed by atoms with Gasteiger partial charge in [-0.15, -0.1) is 0 Å². The summed E-state index contributed by atoms with van der Waals surface area (Å²) in [5.74, 6) is -3.12. The minimum Gasteiger partial charge on any atom is -0.357 e. The largest absolute Gasteiger partial charge is 0.357 e. The average Bonchev–Trinajstić information content (AvgIpc) is 3.44. The quantitative estimate of drug-likeness (QED) is 0.696. The zero-order chi connectivity index (χ0) is 21.1. The lowest BCUT2D eigenvalue weighted by Crippen LogP contribution is -2.39. The lowest BCUT2D eigenvalue weighted by molar-refractivity contribution is -0.122. The van der Waals surface area contributed by atoms with Crippen molar-refractivity contribution in [3.8, 4) is 0 Å². The van der Waals surface area contributed by atoms with Crippen LogP contribution in [0.15, 0.2) is 42.5 Å². The number of nitrogens with one attached hydrogen (secondary N) is 3. The Balaban J connectivity index is 1.77. The number of carbonyl (C=O) groups excluding carboxylic acids is 3. The Labute approximate surface area is 166 Å². The van der Waals surface area contributed by atoms with E-state index in [1.165, 1.54) is 25.2 Å². The molecule has 1 fully saturated rings. The third-order valence-corrected chi connectivity index (χ3v) is 4.90. The zero-order valence-electron chi connectivity index (χ0n) is 16.0. The molecule has 0 bridgehead atoms. The van der Waals surface area contributed by atoms with Crippen molar-refractivity contribution < 1.29 is 23.2 Å². The predicted molar refractivity (Wildman–Crippen MR) is 103 cm³/mol. The van der Waals surface area contributed by atoms with E-state index in [0.29, 0.717) is 11.6 Å². The number of anilines is 1. The molecule has 0 spiro atoms. The minimum atomic E-state index is -1.21. The topological polar surface area (TPSA) is 87.3 Å². The van der Waals surface area contributed by atoms with Gasteiger partial charge >= 0.3 is 0 Å². The van der Waals surface area contributed by atoms with E-state index in [-0.39, 0.29) is 23.0 Å². The Morgan fingerprint density at radius 3 is 2.41 bits per heavy atom. The fourth-order valence-electron chi connectivity index (χ4n) is 3.01. The number of carbonyl (C=O) groups is 3. The number of likely N-dealkylation sites (N-methyl/N-ethyl adjacent to an activating group) is 1. The Morgan fingerprint density at radius 1 is 1.07 bits per heavy atom. The Hall–Kier alpha value is -3.29. The Bertz CT molecular complexity index is 964. The SMILES string of the molecule is CNC(=O)C(NC(=O)c1cccc(NC(=O)C2CC2C)c1)c1ccc(F)c(F)c1. The van der Waals surface area contributed by atoms with Crippen LogP contribution >= 0.6 is 0 Å². The minimum absolute atomic E-state index is 0.0153. The molecule has 8 heteroatoms. The Morgan fingerprint density at radius 2 is 1.79 bits per heavy atom. The molecule has 3 unspecified atom stereocenters. The first-order valence-corrected chi connectivity index (χ1v) is 9.18. The summed E-state index contributed by atoms with van der Waals surface area (Å²) in [7, 11) is 1.37. The normalized spacial score (nSPS) is 18.5. The summed E-state index contributed by atoms with van der Waals surface area (Å²) < 4.78 is 26.8. The number of hydrogen-bond donors (Lipinski definition) is 3. The van der Waals surface area contributed by atoms with E-state index in [2.05, 4.69) is 16.0 Å². The van der Waals surface area contributed by atoms with Gasteiger partial charge in [0.15, 0.2) is 11.6 Å². The monoisotopic (exact) mass is 401 g/mol. The molecule has 6 nitrogen and oxygen atoms in total. The molecule has 3 N–H and O–H groups in total. The van der Waals surface area contributed by atoms with Gasteiger partial charge in [-0.3, -0.25) is 14.4 Å². The molecule has 2 aromatic rings. The van der Waals surface area contributed by atoms with E-state index in [9.17, 15) is 23.2 Å². The van der Waals surface area contributed by atoms with Crippen LogP contribution in [0.3, 0.4) is 0 Å². The summed E-state index contributed by atoms with van der Waals surface area (Å²) in [4.78, 5) is 37.0. The van der Waals surface area contributed by atoms with Gasteiger partial charge in [0.2, 0.25) is 11.8 Å². The molecular weight excluding hydrogens is 380 g/mol. The van der Waals surface area contributed by atoms with Crippen LogP contribution in [0, 0.1) is 23.5 Å². The van der Waals surface area contributed by atoms with Crippen LogP contribution in [-0.4, -0.2) is 24.8 Å². The zero-order valence-corrected chi connectivity index (χ0v) is 16.0. The molecule has 3 atom stereocenters.